The highest BCUT2D eigenvalue weighted by Gasteiger charge is 2.37. The fourth-order valence-corrected chi connectivity index (χ4v) is 3.54. The number of urea groups is 1. The number of hydrogen-bond donors (Lipinski definition) is 1. The summed E-state index contributed by atoms with van der Waals surface area (Å²) >= 11 is 6.18. The summed E-state index contributed by atoms with van der Waals surface area (Å²) in [5.74, 6) is -0.602. The number of ether oxygens (including phenoxy) is 2. The van der Waals surface area contributed by atoms with Crippen LogP contribution in [0.4, 0.5) is 10.5 Å². The minimum atomic E-state index is -0.870. The number of nitrogens with zero attached hydrogens (tertiary/aromatic N) is 1. The molecule has 1 N–H and O–H groups in total. The Bertz CT molecular complexity index is 1160. The molecule has 2 aromatic carbocycles. The normalized spacial score (nSPS) is 14.8. The Morgan fingerprint density at radius 1 is 1.09 bits per heavy atom. The van der Waals surface area contributed by atoms with Crippen molar-refractivity contribution >= 4 is 41.2 Å². The third kappa shape index (κ3) is 5.15. The monoisotopic (exact) mass is 466 g/mol. The Morgan fingerprint density at radius 2 is 1.85 bits per heavy atom. The highest BCUT2D eigenvalue weighted by atomic mass is 35.5. The Morgan fingerprint density at radius 3 is 2.52 bits per heavy atom. The van der Waals surface area contributed by atoms with Crippen LogP contribution in [-0.2, 0) is 16.0 Å². The van der Waals surface area contributed by atoms with Gasteiger partial charge in [-0.2, -0.15) is 0 Å². The van der Waals surface area contributed by atoms with E-state index in [2.05, 4.69) is 18.5 Å². The van der Waals surface area contributed by atoms with Crippen LogP contribution in [0.15, 0.2) is 67.3 Å². The molecule has 170 valence electrons. The molecule has 0 aliphatic carbocycles. The third-order valence-electron chi connectivity index (χ3n) is 4.67. The summed E-state index contributed by atoms with van der Waals surface area (Å²) in [4.78, 5) is 39.0. The van der Waals surface area contributed by atoms with Crippen molar-refractivity contribution in [1.82, 2.24) is 5.32 Å². The van der Waals surface area contributed by atoms with Gasteiger partial charge in [-0.3, -0.25) is 14.9 Å². The average Bonchev–Trinajstić information content (AvgIpc) is 2.78. The molecule has 1 aliphatic heterocycles. The first-order valence-electron chi connectivity index (χ1n) is 10.2. The van der Waals surface area contributed by atoms with Crippen LogP contribution in [0.25, 0.3) is 6.08 Å². The van der Waals surface area contributed by atoms with Crippen molar-refractivity contribution in [2.75, 3.05) is 18.1 Å². The fourth-order valence-electron chi connectivity index (χ4n) is 3.32. The molecule has 4 amide bonds. The minimum absolute atomic E-state index is 0.176. The molecule has 0 bridgehead atoms. The molecule has 8 heteroatoms. The predicted octanol–water partition coefficient (Wildman–Crippen LogP) is 4.70. The summed E-state index contributed by atoms with van der Waals surface area (Å²) < 4.78 is 11.5. The molecule has 0 unspecified atom stereocenters. The van der Waals surface area contributed by atoms with Gasteiger partial charge < -0.3 is 9.47 Å². The van der Waals surface area contributed by atoms with Gasteiger partial charge in [0.2, 0.25) is 0 Å². The molecule has 0 atom stereocenters. The number of hydrogen-bond acceptors (Lipinski definition) is 5. The Kier molecular flexibility index (Phi) is 7.69. The summed E-state index contributed by atoms with van der Waals surface area (Å²) in [5, 5.41) is 2.39. The number of halogens is 1. The van der Waals surface area contributed by atoms with E-state index in [1.54, 1.807) is 42.5 Å². The van der Waals surface area contributed by atoms with Crippen molar-refractivity contribution in [2.45, 2.75) is 13.3 Å². The molecule has 0 spiro atoms. The molecule has 7 nitrogen and oxygen atoms in total. The van der Waals surface area contributed by atoms with Crippen LogP contribution in [0.1, 0.15) is 18.1 Å². The van der Waals surface area contributed by atoms with E-state index in [4.69, 9.17) is 21.1 Å². The number of para-hydroxylation sites is 1. The van der Waals surface area contributed by atoms with Crippen LogP contribution in [0.5, 0.6) is 11.5 Å². The zero-order valence-corrected chi connectivity index (χ0v) is 18.9. The van der Waals surface area contributed by atoms with Crippen LogP contribution in [-0.4, -0.2) is 31.1 Å². The first-order chi connectivity index (χ1) is 15.9. The summed E-state index contributed by atoms with van der Waals surface area (Å²) in [6.07, 6.45) is 5.20. The maximum Gasteiger partial charge on any atom is 0.335 e. The highest BCUT2D eigenvalue weighted by molar-refractivity contribution is 6.42. The maximum absolute atomic E-state index is 13.2. The zero-order chi connectivity index (χ0) is 24.0. The average molecular weight is 467 g/mol. The van der Waals surface area contributed by atoms with Crippen LogP contribution >= 0.6 is 11.6 Å². The first-order valence-corrected chi connectivity index (χ1v) is 10.6. The van der Waals surface area contributed by atoms with Crippen molar-refractivity contribution in [3.63, 3.8) is 0 Å². The summed E-state index contributed by atoms with van der Waals surface area (Å²) in [5.41, 5.74) is 1.23. The number of amides is 4. The molecule has 1 aliphatic rings. The molecule has 33 heavy (non-hydrogen) atoms. The number of rotatable bonds is 9. The van der Waals surface area contributed by atoms with E-state index in [0.29, 0.717) is 30.1 Å². The van der Waals surface area contributed by atoms with Crippen molar-refractivity contribution in [2.24, 2.45) is 0 Å². The minimum Gasteiger partial charge on any atom is -0.490 e. The van der Waals surface area contributed by atoms with E-state index in [9.17, 15) is 14.4 Å². The lowest BCUT2D eigenvalue weighted by Crippen LogP contribution is -2.54. The van der Waals surface area contributed by atoms with E-state index in [1.165, 1.54) is 12.1 Å². The molecular weight excluding hydrogens is 444 g/mol. The molecule has 0 aromatic heterocycles. The van der Waals surface area contributed by atoms with Gasteiger partial charge in [-0.15, -0.1) is 6.58 Å². The van der Waals surface area contributed by atoms with Crippen molar-refractivity contribution in [3.05, 3.63) is 83.4 Å². The van der Waals surface area contributed by atoms with Gasteiger partial charge in [-0.05, 0) is 49.2 Å². The van der Waals surface area contributed by atoms with Crippen molar-refractivity contribution < 1.29 is 23.9 Å². The lowest BCUT2D eigenvalue weighted by molar-refractivity contribution is -0.122. The number of carbonyl (C=O) groups excluding carboxylic acids is 3. The second kappa shape index (κ2) is 10.7. The Balaban J connectivity index is 2.09. The largest absolute Gasteiger partial charge is 0.490 e. The Labute approximate surface area is 196 Å². The first kappa shape index (κ1) is 23.8. The van der Waals surface area contributed by atoms with Gasteiger partial charge in [0.05, 0.1) is 17.3 Å². The highest BCUT2D eigenvalue weighted by Crippen LogP contribution is 2.35. The lowest BCUT2D eigenvalue weighted by atomic mass is 10.0. The number of anilines is 1. The molecule has 3 rings (SSSR count). The van der Waals surface area contributed by atoms with Gasteiger partial charge in [-0.1, -0.05) is 42.5 Å². The molecular formula is C25H23ClN2O5. The van der Waals surface area contributed by atoms with Crippen molar-refractivity contribution in [1.29, 1.82) is 0 Å². The van der Waals surface area contributed by atoms with Crippen molar-refractivity contribution in [3.8, 4) is 11.5 Å². The number of carbonyl (C=O) groups is 3. The number of allylic oxidation sites excluding steroid dienone is 1. The quantitative estimate of drug-likeness (QED) is 0.329. The van der Waals surface area contributed by atoms with Gasteiger partial charge in [0.25, 0.3) is 11.8 Å². The number of benzene rings is 2. The fraction of sp³-hybridized carbons (Fsp3) is 0.160. The van der Waals surface area contributed by atoms with E-state index < -0.39 is 17.8 Å². The van der Waals surface area contributed by atoms with Gasteiger partial charge in [0.15, 0.2) is 11.5 Å². The van der Waals surface area contributed by atoms with E-state index in [1.807, 2.05) is 6.92 Å². The lowest BCUT2D eigenvalue weighted by Gasteiger charge is -2.27. The van der Waals surface area contributed by atoms with Crippen LogP contribution in [0.2, 0.25) is 5.02 Å². The topological polar surface area (TPSA) is 84.9 Å². The van der Waals surface area contributed by atoms with Crippen LogP contribution < -0.4 is 19.7 Å². The van der Waals surface area contributed by atoms with Crippen LogP contribution in [0, 0.1) is 0 Å². The Hall–Kier alpha value is -3.84. The van der Waals surface area contributed by atoms with Gasteiger partial charge in [0.1, 0.15) is 12.2 Å². The summed E-state index contributed by atoms with van der Waals surface area (Å²) in [7, 11) is 0. The smallest absolute Gasteiger partial charge is 0.335 e. The predicted molar refractivity (Wildman–Crippen MR) is 128 cm³/mol. The van der Waals surface area contributed by atoms with Gasteiger partial charge in [-0.25, -0.2) is 9.69 Å². The maximum atomic E-state index is 13.2. The molecule has 1 saturated heterocycles. The molecule has 0 saturated carbocycles. The number of barbiturate groups is 1. The third-order valence-corrected chi connectivity index (χ3v) is 4.99. The second-order valence-corrected chi connectivity index (χ2v) is 7.35. The van der Waals surface area contributed by atoms with Crippen LogP contribution in [0.3, 0.4) is 0 Å². The molecule has 1 fully saturated rings. The van der Waals surface area contributed by atoms with E-state index >= 15 is 0 Å². The second-order valence-electron chi connectivity index (χ2n) is 6.94. The SMILES string of the molecule is C=CCOc1c(CC=C)cc(/C=C2\C(=O)NC(=O)N(c3ccccc3Cl)C2=O)cc1OCC. The standard InChI is InChI=1S/C25H23ClN2O5/c1-4-9-17-13-16(15-21(32-6-3)22(17)33-12-5-2)14-18-23(29)27-25(31)28(24(18)30)20-11-8-7-10-19(20)26/h4-5,7-8,10-11,13-15H,1-2,6,9,12H2,3H3,(H,27,29,31)/b18-14+. The van der Waals surface area contributed by atoms with E-state index in [-0.39, 0.29) is 22.9 Å². The molecule has 2 aromatic rings. The zero-order valence-electron chi connectivity index (χ0n) is 18.1. The van der Waals surface area contributed by atoms with E-state index in [0.717, 1.165) is 10.5 Å². The number of imide groups is 2. The summed E-state index contributed by atoms with van der Waals surface area (Å²) in [6, 6.07) is 8.95. The van der Waals surface area contributed by atoms with Gasteiger partial charge >= 0.3 is 6.03 Å². The molecule has 1 heterocycles. The summed E-state index contributed by atoms with van der Waals surface area (Å²) in [6.45, 7) is 9.93. The molecule has 0 radical (unpaired) electrons. The van der Waals surface area contributed by atoms with Gasteiger partial charge in [0, 0.05) is 5.56 Å². The number of nitrogens with one attached hydrogen (secondary N) is 1.